The number of hydrogen-bond acceptors (Lipinski definition) is 4. The summed E-state index contributed by atoms with van der Waals surface area (Å²) < 4.78 is 27.3. The summed E-state index contributed by atoms with van der Waals surface area (Å²) in [5.41, 5.74) is 2.83. The quantitative estimate of drug-likeness (QED) is 0.278. The molecule has 0 spiro atoms. The third kappa shape index (κ3) is 6.06. The van der Waals surface area contributed by atoms with Crippen molar-refractivity contribution >= 4 is 5.97 Å². The maximum Gasteiger partial charge on any atom is 0.419 e. The molecule has 0 radical (unpaired) electrons. The first-order chi connectivity index (χ1) is 17.0. The Hall–Kier alpha value is -4.13. The van der Waals surface area contributed by atoms with E-state index in [1.165, 1.54) is 12.1 Å². The average molecular weight is 476 g/mol. The van der Waals surface area contributed by atoms with Crippen LogP contribution >= 0.6 is 0 Å². The lowest BCUT2D eigenvalue weighted by atomic mass is 10.0. The number of hydrogen-bond donors (Lipinski definition) is 1. The number of aromatic nitrogens is 1. The second-order valence-corrected chi connectivity index (χ2v) is 8.13. The Balaban J connectivity index is 1.52. The SMILES string of the molecule is O=C(O)CCCOc1ccc(F)c(CCCn2c(-c3ccccc3)c(-c3ccccc3)oc2=O)c1. The van der Waals surface area contributed by atoms with E-state index in [-0.39, 0.29) is 18.8 Å². The van der Waals surface area contributed by atoms with E-state index < -0.39 is 11.7 Å². The average Bonchev–Trinajstić information content (AvgIpc) is 3.20. The second-order valence-electron chi connectivity index (χ2n) is 8.13. The molecule has 0 bridgehead atoms. The van der Waals surface area contributed by atoms with Crippen LogP contribution in [0.5, 0.6) is 5.75 Å². The number of benzene rings is 3. The molecule has 0 aliphatic carbocycles. The van der Waals surface area contributed by atoms with E-state index in [1.807, 2.05) is 60.7 Å². The van der Waals surface area contributed by atoms with Crippen LogP contribution in [0.1, 0.15) is 24.8 Å². The highest BCUT2D eigenvalue weighted by Gasteiger charge is 2.19. The molecule has 0 aliphatic heterocycles. The second kappa shape index (κ2) is 11.3. The summed E-state index contributed by atoms with van der Waals surface area (Å²) in [7, 11) is 0. The molecule has 4 rings (SSSR count). The third-order valence-corrected chi connectivity index (χ3v) is 5.63. The number of carboxylic acids is 1. The highest BCUT2D eigenvalue weighted by atomic mass is 19.1. The minimum absolute atomic E-state index is 0.0161. The zero-order chi connectivity index (χ0) is 24.6. The van der Waals surface area contributed by atoms with Crippen LogP contribution < -0.4 is 10.5 Å². The van der Waals surface area contributed by atoms with Crippen molar-refractivity contribution in [1.29, 1.82) is 0 Å². The normalized spacial score (nSPS) is 10.9. The van der Waals surface area contributed by atoms with Gasteiger partial charge in [0.25, 0.3) is 0 Å². The van der Waals surface area contributed by atoms with Crippen molar-refractivity contribution in [3.8, 4) is 28.3 Å². The van der Waals surface area contributed by atoms with Gasteiger partial charge in [0.2, 0.25) is 0 Å². The summed E-state index contributed by atoms with van der Waals surface area (Å²) in [6, 6.07) is 23.5. The van der Waals surface area contributed by atoms with Gasteiger partial charge in [-0.3, -0.25) is 9.36 Å². The summed E-state index contributed by atoms with van der Waals surface area (Å²) in [6.07, 6.45) is 1.29. The summed E-state index contributed by atoms with van der Waals surface area (Å²) >= 11 is 0. The molecule has 0 aliphatic rings. The number of rotatable bonds is 11. The highest BCUT2D eigenvalue weighted by molar-refractivity contribution is 5.77. The van der Waals surface area contributed by atoms with Crippen LogP contribution in [0.4, 0.5) is 4.39 Å². The molecule has 0 atom stereocenters. The molecule has 0 fully saturated rings. The largest absolute Gasteiger partial charge is 0.494 e. The van der Waals surface area contributed by atoms with E-state index in [9.17, 15) is 14.0 Å². The van der Waals surface area contributed by atoms with Crippen LogP contribution in [0, 0.1) is 5.82 Å². The van der Waals surface area contributed by atoms with Gasteiger partial charge in [-0.25, -0.2) is 9.18 Å². The Labute approximate surface area is 202 Å². The van der Waals surface area contributed by atoms with E-state index >= 15 is 0 Å². The number of aliphatic carboxylic acids is 1. The lowest BCUT2D eigenvalue weighted by molar-refractivity contribution is -0.137. The van der Waals surface area contributed by atoms with Gasteiger partial charge >= 0.3 is 11.7 Å². The molecule has 0 saturated heterocycles. The van der Waals surface area contributed by atoms with Crippen molar-refractivity contribution < 1.29 is 23.4 Å². The van der Waals surface area contributed by atoms with Crippen molar-refractivity contribution in [2.75, 3.05) is 6.61 Å². The lowest BCUT2D eigenvalue weighted by Crippen LogP contribution is -2.16. The summed E-state index contributed by atoms with van der Waals surface area (Å²) in [5.74, 6) is -0.698. The minimum Gasteiger partial charge on any atom is -0.494 e. The fraction of sp³-hybridized carbons (Fsp3) is 0.214. The molecule has 6 nitrogen and oxygen atoms in total. The van der Waals surface area contributed by atoms with Crippen molar-refractivity contribution in [2.45, 2.75) is 32.2 Å². The standard InChI is InChI=1S/C28H26FNO5/c29-24-16-15-23(34-18-8-14-25(31)32)19-22(24)13-7-17-30-26(20-9-3-1-4-10-20)27(35-28(30)33)21-11-5-2-6-12-21/h1-6,9-12,15-16,19H,7-8,13-14,17-18H2,(H,31,32). The van der Waals surface area contributed by atoms with Crippen molar-refractivity contribution in [2.24, 2.45) is 0 Å². The van der Waals surface area contributed by atoms with Crippen LogP contribution in [0.15, 0.2) is 88.1 Å². The summed E-state index contributed by atoms with van der Waals surface area (Å²) in [6.45, 7) is 0.590. The molecule has 0 amide bonds. The number of carbonyl (C=O) groups is 1. The molecule has 7 heteroatoms. The predicted octanol–water partition coefficient (Wildman–Crippen LogP) is 5.79. The van der Waals surface area contributed by atoms with Crippen molar-refractivity contribution in [3.05, 3.63) is 101 Å². The van der Waals surface area contributed by atoms with Gasteiger partial charge in [-0.2, -0.15) is 0 Å². The van der Waals surface area contributed by atoms with Gasteiger partial charge in [0.1, 0.15) is 11.6 Å². The molecule has 180 valence electrons. The molecule has 0 saturated carbocycles. The molecule has 4 aromatic rings. The zero-order valence-electron chi connectivity index (χ0n) is 19.2. The van der Waals surface area contributed by atoms with E-state index in [0.29, 0.717) is 48.6 Å². The van der Waals surface area contributed by atoms with Gasteiger partial charge < -0.3 is 14.3 Å². The molecule has 1 aromatic heterocycles. The molecular weight excluding hydrogens is 449 g/mol. The maximum absolute atomic E-state index is 14.4. The van der Waals surface area contributed by atoms with Crippen LogP contribution in [0.2, 0.25) is 0 Å². The molecular formula is C28H26FNO5. The molecule has 0 unspecified atom stereocenters. The Morgan fingerprint density at radius 3 is 2.31 bits per heavy atom. The van der Waals surface area contributed by atoms with Crippen LogP contribution in [-0.4, -0.2) is 22.2 Å². The third-order valence-electron chi connectivity index (χ3n) is 5.63. The maximum atomic E-state index is 14.4. The number of aryl methyl sites for hydroxylation is 1. The van der Waals surface area contributed by atoms with E-state index in [0.717, 1.165) is 11.1 Å². The topological polar surface area (TPSA) is 81.7 Å². The number of halogens is 1. The van der Waals surface area contributed by atoms with Crippen LogP contribution in [0.3, 0.4) is 0 Å². The molecule has 35 heavy (non-hydrogen) atoms. The zero-order valence-corrected chi connectivity index (χ0v) is 19.2. The summed E-state index contributed by atoms with van der Waals surface area (Å²) in [4.78, 5) is 23.5. The monoisotopic (exact) mass is 475 g/mol. The van der Waals surface area contributed by atoms with Gasteiger partial charge in [0, 0.05) is 24.1 Å². The van der Waals surface area contributed by atoms with Crippen LogP contribution in [0.25, 0.3) is 22.6 Å². The molecule has 1 N–H and O–H groups in total. The molecule has 1 heterocycles. The van der Waals surface area contributed by atoms with Gasteiger partial charge in [-0.05, 0) is 43.0 Å². The number of carboxylic acid groups (broad SMARTS) is 1. The van der Waals surface area contributed by atoms with Gasteiger partial charge in [0.05, 0.1) is 12.3 Å². The van der Waals surface area contributed by atoms with E-state index in [4.69, 9.17) is 14.3 Å². The van der Waals surface area contributed by atoms with Gasteiger partial charge in [-0.15, -0.1) is 0 Å². The van der Waals surface area contributed by atoms with Gasteiger partial charge in [0.15, 0.2) is 5.76 Å². The fourth-order valence-corrected chi connectivity index (χ4v) is 3.95. The van der Waals surface area contributed by atoms with E-state index in [2.05, 4.69) is 0 Å². The number of nitrogens with zero attached hydrogens (tertiary/aromatic N) is 1. The fourth-order valence-electron chi connectivity index (χ4n) is 3.95. The molecule has 3 aromatic carbocycles. The smallest absolute Gasteiger partial charge is 0.419 e. The lowest BCUT2D eigenvalue weighted by Gasteiger charge is -2.11. The predicted molar refractivity (Wildman–Crippen MR) is 131 cm³/mol. The Bertz CT molecular complexity index is 1330. The number of ether oxygens (including phenoxy) is 1. The van der Waals surface area contributed by atoms with E-state index in [1.54, 1.807) is 10.6 Å². The number of oxazole rings is 1. The highest BCUT2D eigenvalue weighted by Crippen LogP contribution is 2.31. The Morgan fingerprint density at radius 1 is 0.943 bits per heavy atom. The van der Waals surface area contributed by atoms with Crippen molar-refractivity contribution in [3.63, 3.8) is 0 Å². The summed E-state index contributed by atoms with van der Waals surface area (Å²) in [5, 5.41) is 8.72. The Kier molecular flexibility index (Phi) is 7.77. The first-order valence-corrected chi connectivity index (χ1v) is 11.5. The minimum atomic E-state index is -0.881. The van der Waals surface area contributed by atoms with Crippen LogP contribution in [-0.2, 0) is 17.8 Å². The van der Waals surface area contributed by atoms with Crippen molar-refractivity contribution in [1.82, 2.24) is 4.57 Å². The first-order valence-electron chi connectivity index (χ1n) is 11.5. The first kappa shape index (κ1) is 24.0. The van der Waals surface area contributed by atoms with Gasteiger partial charge in [-0.1, -0.05) is 60.7 Å². The Morgan fingerprint density at radius 2 is 1.63 bits per heavy atom.